The zero-order chi connectivity index (χ0) is 22.8. The summed E-state index contributed by atoms with van der Waals surface area (Å²) in [6.45, 7) is 6.08. The van der Waals surface area contributed by atoms with Crippen LogP contribution in [0.25, 0.3) is 33.2 Å². The molecule has 2 aromatic carbocycles. The van der Waals surface area contributed by atoms with Gasteiger partial charge in [-0.2, -0.15) is 5.10 Å². The van der Waals surface area contributed by atoms with Crippen molar-refractivity contribution in [2.24, 2.45) is 7.05 Å². The maximum absolute atomic E-state index is 6.58. The molecule has 1 aliphatic rings. The van der Waals surface area contributed by atoms with Gasteiger partial charge in [0.25, 0.3) is 0 Å². The van der Waals surface area contributed by atoms with Crippen molar-refractivity contribution in [3.63, 3.8) is 0 Å². The first kappa shape index (κ1) is 21.7. The second-order valence-electron chi connectivity index (χ2n) is 9.30. The molecule has 4 aromatic rings. The first-order valence-electron chi connectivity index (χ1n) is 11.9. The van der Waals surface area contributed by atoms with Gasteiger partial charge in [0.15, 0.2) is 0 Å². The molecule has 5 nitrogen and oxygen atoms in total. The van der Waals surface area contributed by atoms with Gasteiger partial charge in [0.05, 0.1) is 18.3 Å². The van der Waals surface area contributed by atoms with Gasteiger partial charge in [0.1, 0.15) is 5.75 Å². The third-order valence-corrected chi connectivity index (χ3v) is 6.51. The van der Waals surface area contributed by atoms with E-state index in [0.717, 1.165) is 51.9 Å². The normalized spacial score (nSPS) is 16.3. The number of nitrogens with one attached hydrogen (secondary N) is 1. The molecule has 0 aliphatic carbocycles. The van der Waals surface area contributed by atoms with Crippen LogP contribution in [0.5, 0.6) is 5.75 Å². The van der Waals surface area contributed by atoms with Crippen LogP contribution in [0.3, 0.4) is 0 Å². The maximum Gasteiger partial charge on any atom is 0.138 e. The number of benzene rings is 2. The lowest BCUT2D eigenvalue weighted by atomic mass is 9.98. The van der Waals surface area contributed by atoms with Crippen molar-refractivity contribution in [3.05, 3.63) is 66.1 Å². The molecule has 0 amide bonds. The molecule has 2 aromatic heterocycles. The summed E-state index contributed by atoms with van der Waals surface area (Å²) in [4.78, 5) is 4.80. The van der Waals surface area contributed by atoms with Crippen molar-refractivity contribution in [2.75, 3.05) is 13.2 Å². The van der Waals surface area contributed by atoms with Crippen molar-refractivity contribution in [2.45, 2.75) is 45.6 Å². The van der Waals surface area contributed by atoms with Crippen LogP contribution in [-0.4, -0.2) is 34.0 Å². The molecule has 0 bridgehead atoms. The number of hydrogen-bond acceptors (Lipinski definition) is 4. The Labute approximate surface area is 195 Å². The lowest BCUT2D eigenvalue weighted by Gasteiger charge is -2.24. The highest BCUT2D eigenvalue weighted by molar-refractivity contribution is 5.95. The van der Waals surface area contributed by atoms with E-state index in [9.17, 15) is 0 Å². The summed E-state index contributed by atoms with van der Waals surface area (Å²) in [6, 6.07) is 13.6. The average Bonchev–Trinajstić information content (AvgIpc) is 3.25. The van der Waals surface area contributed by atoms with E-state index in [4.69, 9.17) is 9.72 Å². The van der Waals surface area contributed by atoms with Gasteiger partial charge in [-0.15, -0.1) is 0 Å². The molecule has 1 saturated heterocycles. The molecule has 5 heteroatoms. The quantitative estimate of drug-likeness (QED) is 0.410. The van der Waals surface area contributed by atoms with E-state index in [1.807, 2.05) is 30.3 Å². The average molecular weight is 441 g/mol. The van der Waals surface area contributed by atoms with Crippen molar-refractivity contribution in [1.82, 2.24) is 20.1 Å². The Morgan fingerprint density at radius 1 is 1.00 bits per heavy atom. The number of nitrogens with zero attached hydrogens (tertiary/aromatic N) is 3. The van der Waals surface area contributed by atoms with Crippen LogP contribution < -0.4 is 10.1 Å². The van der Waals surface area contributed by atoms with Crippen LogP contribution in [0.2, 0.25) is 0 Å². The molecule has 33 heavy (non-hydrogen) atoms. The molecule has 1 unspecified atom stereocenters. The van der Waals surface area contributed by atoms with Crippen molar-refractivity contribution in [1.29, 1.82) is 0 Å². The summed E-state index contributed by atoms with van der Waals surface area (Å²) in [7, 11) is 1.94. The Morgan fingerprint density at radius 3 is 2.58 bits per heavy atom. The predicted octanol–water partition coefficient (Wildman–Crippen LogP) is 5.83. The second-order valence-corrected chi connectivity index (χ2v) is 9.30. The number of ether oxygens (including phenoxy) is 1. The predicted molar refractivity (Wildman–Crippen MR) is 135 cm³/mol. The van der Waals surface area contributed by atoms with Crippen LogP contribution >= 0.6 is 0 Å². The standard InChI is InChI=1S/C28H32N4O/c1-19-12-20(2)14-22(13-19)26-17-30-27-8-7-21(23-16-31-32(3)18-23)15-25(27)28(26)33-11-9-24-6-4-5-10-29-24/h7-8,12-18,24,29H,4-6,9-11H2,1-3H3. The molecule has 0 radical (unpaired) electrons. The number of aromatic nitrogens is 3. The SMILES string of the molecule is Cc1cc(C)cc(-c2cnc3ccc(-c4cnn(C)c4)cc3c2OCCC2CCCCN2)c1. The molecule has 0 saturated carbocycles. The minimum absolute atomic E-state index is 0.544. The van der Waals surface area contributed by atoms with Crippen molar-refractivity contribution < 1.29 is 4.74 Å². The molecule has 1 fully saturated rings. The Kier molecular flexibility index (Phi) is 6.14. The highest BCUT2D eigenvalue weighted by Crippen LogP contribution is 2.38. The largest absolute Gasteiger partial charge is 0.492 e. The van der Waals surface area contributed by atoms with Gasteiger partial charge >= 0.3 is 0 Å². The smallest absolute Gasteiger partial charge is 0.138 e. The number of aryl methyl sites for hydroxylation is 3. The van der Waals surface area contributed by atoms with Gasteiger partial charge in [-0.25, -0.2) is 0 Å². The lowest BCUT2D eigenvalue weighted by Crippen LogP contribution is -2.35. The van der Waals surface area contributed by atoms with Gasteiger partial charge in [-0.3, -0.25) is 9.67 Å². The Hall–Kier alpha value is -3.18. The van der Waals surface area contributed by atoms with E-state index >= 15 is 0 Å². The second kappa shape index (κ2) is 9.36. The summed E-state index contributed by atoms with van der Waals surface area (Å²) in [5, 5.41) is 9.03. The molecular weight excluding hydrogens is 408 g/mol. The van der Waals surface area contributed by atoms with E-state index in [1.165, 1.54) is 30.4 Å². The van der Waals surface area contributed by atoms with Crippen molar-refractivity contribution in [3.8, 4) is 28.0 Å². The minimum atomic E-state index is 0.544. The van der Waals surface area contributed by atoms with Crippen LogP contribution in [0.4, 0.5) is 0 Å². The fraction of sp³-hybridized carbons (Fsp3) is 0.357. The Balaban J connectivity index is 1.57. The summed E-state index contributed by atoms with van der Waals surface area (Å²) in [6.07, 6.45) is 10.7. The van der Waals surface area contributed by atoms with E-state index in [-0.39, 0.29) is 0 Å². The molecule has 0 spiro atoms. The first-order valence-corrected chi connectivity index (χ1v) is 11.9. The van der Waals surface area contributed by atoms with Gasteiger partial charge in [0.2, 0.25) is 0 Å². The Morgan fingerprint density at radius 2 is 1.85 bits per heavy atom. The fourth-order valence-corrected chi connectivity index (χ4v) is 4.88. The molecule has 1 aliphatic heterocycles. The maximum atomic E-state index is 6.58. The summed E-state index contributed by atoms with van der Waals surface area (Å²) in [5.41, 5.74) is 7.84. The topological polar surface area (TPSA) is 52.0 Å². The van der Waals surface area contributed by atoms with E-state index in [0.29, 0.717) is 12.6 Å². The van der Waals surface area contributed by atoms with E-state index in [2.05, 4.69) is 60.7 Å². The minimum Gasteiger partial charge on any atom is -0.492 e. The Bertz CT molecular complexity index is 1250. The molecule has 1 N–H and O–H groups in total. The third-order valence-electron chi connectivity index (χ3n) is 6.51. The van der Waals surface area contributed by atoms with Gasteiger partial charge in [0, 0.05) is 42.0 Å². The third kappa shape index (κ3) is 4.79. The fourth-order valence-electron chi connectivity index (χ4n) is 4.88. The zero-order valence-electron chi connectivity index (χ0n) is 19.8. The van der Waals surface area contributed by atoms with Crippen molar-refractivity contribution >= 4 is 10.9 Å². The van der Waals surface area contributed by atoms with Crippen LogP contribution in [-0.2, 0) is 7.05 Å². The summed E-state index contributed by atoms with van der Waals surface area (Å²) >= 11 is 0. The lowest BCUT2D eigenvalue weighted by molar-refractivity contribution is 0.271. The van der Waals surface area contributed by atoms with Gasteiger partial charge in [-0.05, 0) is 62.9 Å². The molecule has 170 valence electrons. The van der Waals surface area contributed by atoms with E-state index in [1.54, 1.807) is 0 Å². The molecule has 5 rings (SSSR count). The summed E-state index contributed by atoms with van der Waals surface area (Å²) < 4.78 is 8.41. The molecular formula is C28H32N4O. The number of piperidine rings is 1. The van der Waals surface area contributed by atoms with Gasteiger partial charge in [-0.1, -0.05) is 41.8 Å². The highest BCUT2D eigenvalue weighted by atomic mass is 16.5. The van der Waals surface area contributed by atoms with Gasteiger partial charge < -0.3 is 10.1 Å². The number of fused-ring (bicyclic) bond motifs is 1. The van der Waals surface area contributed by atoms with Crippen LogP contribution in [0.1, 0.15) is 36.8 Å². The van der Waals surface area contributed by atoms with E-state index < -0.39 is 0 Å². The number of pyridine rings is 1. The summed E-state index contributed by atoms with van der Waals surface area (Å²) in [5.74, 6) is 0.923. The number of hydrogen-bond donors (Lipinski definition) is 1. The molecule has 3 heterocycles. The van der Waals surface area contributed by atoms with Crippen LogP contribution in [0, 0.1) is 13.8 Å². The zero-order valence-corrected chi connectivity index (χ0v) is 19.8. The highest BCUT2D eigenvalue weighted by Gasteiger charge is 2.17. The van der Waals surface area contributed by atoms with Crippen LogP contribution in [0.15, 0.2) is 55.0 Å². The number of rotatable bonds is 6. The molecule has 1 atom stereocenters. The monoisotopic (exact) mass is 440 g/mol. The first-order chi connectivity index (χ1) is 16.1.